The Hall–Kier alpha value is -2.87. The highest BCUT2D eigenvalue weighted by atomic mass is 32.1. The molecule has 30 heavy (non-hydrogen) atoms. The van der Waals surface area contributed by atoms with E-state index < -0.39 is 0 Å². The molecule has 0 unspecified atom stereocenters. The molecule has 1 saturated heterocycles. The molecule has 1 aromatic carbocycles. The summed E-state index contributed by atoms with van der Waals surface area (Å²) in [5.74, 6) is 1.24. The van der Waals surface area contributed by atoms with Crippen molar-refractivity contribution in [3.05, 3.63) is 65.3 Å². The first-order chi connectivity index (χ1) is 14.6. The van der Waals surface area contributed by atoms with E-state index in [-0.39, 0.29) is 5.82 Å². The average molecular weight is 427 g/mol. The smallest absolute Gasteiger partial charge is 0.191 e. The molecule has 1 aliphatic heterocycles. The SMILES string of the molecule is CN=C(NCc1ccc(-n2ccnc2C)c(F)c1)NC1CCN(c2cccs2)CC1. The molecule has 0 amide bonds. The number of anilines is 1. The fraction of sp³-hybridized carbons (Fsp3) is 0.364. The van der Waals surface area contributed by atoms with Gasteiger partial charge in [-0.2, -0.15) is 0 Å². The van der Waals surface area contributed by atoms with Crippen molar-refractivity contribution in [1.82, 2.24) is 20.2 Å². The molecule has 0 aliphatic carbocycles. The van der Waals surface area contributed by atoms with Crippen molar-refractivity contribution in [2.24, 2.45) is 4.99 Å². The van der Waals surface area contributed by atoms with Crippen LogP contribution in [0.3, 0.4) is 0 Å². The van der Waals surface area contributed by atoms with Crippen LogP contribution in [0.2, 0.25) is 0 Å². The van der Waals surface area contributed by atoms with E-state index in [2.05, 4.69) is 43.0 Å². The van der Waals surface area contributed by atoms with Gasteiger partial charge >= 0.3 is 0 Å². The quantitative estimate of drug-likeness (QED) is 0.482. The van der Waals surface area contributed by atoms with E-state index in [0.29, 0.717) is 18.3 Å². The highest BCUT2D eigenvalue weighted by molar-refractivity contribution is 7.14. The van der Waals surface area contributed by atoms with Crippen molar-refractivity contribution in [2.75, 3.05) is 25.0 Å². The fourth-order valence-corrected chi connectivity index (χ4v) is 4.54. The summed E-state index contributed by atoms with van der Waals surface area (Å²) in [4.78, 5) is 10.9. The summed E-state index contributed by atoms with van der Waals surface area (Å²) in [5, 5.41) is 10.3. The molecule has 0 bridgehead atoms. The van der Waals surface area contributed by atoms with E-state index in [1.54, 1.807) is 47.5 Å². The molecule has 4 rings (SSSR count). The highest BCUT2D eigenvalue weighted by Gasteiger charge is 2.20. The van der Waals surface area contributed by atoms with Crippen LogP contribution in [0.1, 0.15) is 24.2 Å². The van der Waals surface area contributed by atoms with Crippen molar-refractivity contribution in [3.8, 4) is 5.69 Å². The Morgan fingerprint density at radius 3 is 2.77 bits per heavy atom. The van der Waals surface area contributed by atoms with Gasteiger partial charge in [-0.1, -0.05) is 6.07 Å². The second-order valence-corrected chi connectivity index (χ2v) is 8.34. The van der Waals surface area contributed by atoms with E-state index in [0.717, 1.165) is 43.3 Å². The van der Waals surface area contributed by atoms with Crippen LogP contribution in [0.5, 0.6) is 0 Å². The molecule has 0 saturated carbocycles. The number of hydrogen-bond acceptors (Lipinski definition) is 4. The number of thiophene rings is 1. The van der Waals surface area contributed by atoms with Crippen LogP contribution >= 0.6 is 11.3 Å². The van der Waals surface area contributed by atoms with Crippen LogP contribution in [-0.4, -0.2) is 41.7 Å². The number of nitrogens with zero attached hydrogens (tertiary/aromatic N) is 4. The predicted molar refractivity (Wildman–Crippen MR) is 121 cm³/mol. The van der Waals surface area contributed by atoms with Gasteiger partial charge in [-0.15, -0.1) is 11.3 Å². The van der Waals surface area contributed by atoms with E-state index in [9.17, 15) is 4.39 Å². The number of hydrogen-bond donors (Lipinski definition) is 2. The average Bonchev–Trinajstić information content (AvgIpc) is 3.44. The lowest BCUT2D eigenvalue weighted by atomic mass is 10.1. The molecule has 8 heteroatoms. The van der Waals surface area contributed by atoms with Crippen molar-refractivity contribution >= 4 is 22.3 Å². The monoisotopic (exact) mass is 426 g/mol. The molecule has 1 fully saturated rings. The van der Waals surface area contributed by atoms with Crippen molar-refractivity contribution in [1.29, 1.82) is 0 Å². The summed E-state index contributed by atoms with van der Waals surface area (Å²) >= 11 is 1.79. The number of nitrogens with one attached hydrogen (secondary N) is 2. The molecule has 0 radical (unpaired) electrons. The number of imidazole rings is 1. The van der Waals surface area contributed by atoms with E-state index >= 15 is 0 Å². The summed E-state index contributed by atoms with van der Waals surface area (Å²) in [6, 6.07) is 9.94. The molecule has 0 spiro atoms. The van der Waals surface area contributed by atoms with Gasteiger partial charge in [-0.25, -0.2) is 9.37 Å². The Morgan fingerprint density at radius 1 is 1.30 bits per heavy atom. The minimum absolute atomic E-state index is 0.265. The van der Waals surface area contributed by atoms with Crippen LogP contribution in [0.4, 0.5) is 9.39 Å². The number of benzene rings is 1. The van der Waals surface area contributed by atoms with Crippen molar-refractivity contribution in [3.63, 3.8) is 0 Å². The molecular formula is C22H27FN6S. The maximum absolute atomic E-state index is 14.6. The van der Waals surface area contributed by atoms with Gasteiger partial charge in [0, 0.05) is 45.1 Å². The Balaban J connectivity index is 1.30. The van der Waals surface area contributed by atoms with E-state index in [1.165, 1.54) is 5.00 Å². The van der Waals surface area contributed by atoms with E-state index in [1.807, 2.05) is 13.0 Å². The fourth-order valence-electron chi connectivity index (χ4n) is 3.76. The second-order valence-electron chi connectivity index (χ2n) is 7.41. The minimum Gasteiger partial charge on any atom is -0.363 e. The summed E-state index contributed by atoms with van der Waals surface area (Å²) in [6.07, 6.45) is 5.56. The minimum atomic E-state index is -0.265. The molecule has 158 valence electrons. The van der Waals surface area contributed by atoms with Crippen LogP contribution in [0, 0.1) is 12.7 Å². The van der Waals surface area contributed by atoms with Gasteiger partial charge in [0.25, 0.3) is 0 Å². The zero-order valence-electron chi connectivity index (χ0n) is 17.3. The zero-order chi connectivity index (χ0) is 20.9. The first-order valence-electron chi connectivity index (χ1n) is 10.2. The molecule has 6 nitrogen and oxygen atoms in total. The predicted octanol–water partition coefficient (Wildman–Crippen LogP) is 3.72. The van der Waals surface area contributed by atoms with Gasteiger partial charge in [0.05, 0.1) is 10.7 Å². The lowest BCUT2D eigenvalue weighted by Gasteiger charge is -2.33. The molecule has 2 N–H and O–H groups in total. The number of piperidine rings is 1. The van der Waals surface area contributed by atoms with E-state index in [4.69, 9.17) is 0 Å². The Kier molecular flexibility index (Phi) is 6.32. The summed E-state index contributed by atoms with van der Waals surface area (Å²) in [7, 11) is 1.77. The van der Waals surface area contributed by atoms with Crippen LogP contribution in [0.25, 0.3) is 5.69 Å². The van der Waals surface area contributed by atoms with Crippen LogP contribution < -0.4 is 15.5 Å². The van der Waals surface area contributed by atoms with Gasteiger partial charge < -0.3 is 20.1 Å². The maximum atomic E-state index is 14.6. The molecule has 2 aromatic heterocycles. The zero-order valence-corrected chi connectivity index (χ0v) is 18.1. The number of aromatic nitrogens is 2. The lowest BCUT2D eigenvalue weighted by molar-refractivity contribution is 0.462. The first-order valence-corrected chi connectivity index (χ1v) is 11.1. The van der Waals surface area contributed by atoms with Crippen molar-refractivity contribution < 1.29 is 4.39 Å². The molecule has 3 heterocycles. The number of aliphatic imine (C=N–C) groups is 1. The summed E-state index contributed by atoms with van der Waals surface area (Å²) in [6.45, 7) is 4.44. The summed E-state index contributed by atoms with van der Waals surface area (Å²) in [5.41, 5.74) is 1.37. The highest BCUT2D eigenvalue weighted by Crippen LogP contribution is 2.24. The van der Waals surface area contributed by atoms with Crippen LogP contribution in [-0.2, 0) is 6.54 Å². The third-order valence-corrected chi connectivity index (χ3v) is 6.36. The van der Waals surface area contributed by atoms with Gasteiger partial charge in [-0.05, 0) is 55.0 Å². The molecule has 3 aromatic rings. The lowest BCUT2D eigenvalue weighted by Crippen LogP contribution is -2.48. The largest absolute Gasteiger partial charge is 0.363 e. The first kappa shape index (κ1) is 20.4. The number of aryl methyl sites for hydroxylation is 1. The third kappa shape index (κ3) is 4.64. The maximum Gasteiger partial charge on any atom is 0.191 e. The standard InChI is InChI=1S/C22H27FN6S/c1-16-25-9-12-29(16)20-6-5-17(14-19(20)23)15-26-22(24-2)27-18-7-10-28(11-8-18)21-4-3-13-30-21/h3-6,9,12-14,18H,7-8,10-11,15H2,1-2H3,(H2,24,26,27). The van der Waals surface area contributed by atoms with Gasteiger partial charge in [0.1, 0.15) is 11.6 Å². The normalized spacial score (nSPS) is 15.4. The van der Waals surface area contributed by atoms with Gasteiger partial charge in [-0.3, -0.25) is 4.99 Å². The second kappa shape index (κ2) is 9.30. The Morgan fingerprint density at radius 2 is 2.13 bits per heavy atom. The van der Waals surface area contributed by atoms with Crippen molar-refractivity contribution in [2.45, 2.75) is 32.4 Å². The number of rotatable bonds is 5. The van der Waals surface area contributed by atoms with Gasteiger partial charge in [0.15, 0.2) is 5.96 Å². The molecule has 1 aliphatic rings. The Bertz CT molecular complexity index is 989. The summed E-state index contributed by atoms with van der Waals surface area (Å²) < 4.78 is 16.3. The van der Waals surface area contributed by atoms with Crippen LogP contribution in [0.15, 0.2) is 53.1 Å². The Labute approximate surface area is 180 Å². The number of guanidine groups is 1. The third-order valence-electron chi connectivity index (χ3n) is 5.43. The number of halogens is 1. The molecular weight excluding hydrogens is 399 g/mol. The van der Waals surface area contributed by atoms with Gasteiger partial charge in [0.2, 0.25) is 0 Å². The molecule has 0 atom stereocenters. The topological polar surface area (TPSA) is 57.5 Å².